The number of carbonyl (C=O) groups excluding carboxylic acids is 2. The summed E-state index contributed by atoms with van der Waals surface area (Å²) < 4.78 is 21.6. The van der Waals surface area contributed by atoms with E-state index in [1.807, 2.05) is 0 Å². The Morgan fingerprint density at radius 1 is 0.974 bits per heavy atom. The van der Waals surface area contributed by atoms with E-state index < -0.39 is 78.3 Å². The molecule has 202 valence electrons. The van der Waals surface area contributed by atoms with Crippen molar-refractivity contribution in [2.45, 2.75) is 37.1 Å². The van der Waals surface area contributed by atoms with E-state index >= 15 is 0 Å². The Hall–Kier alpha value is -4.37. The minimum atomic E-state index is -1.88. The third-order valence-corrected chi connectivity index (χ3v) is 5.64. The van der Waals surface area contributed by atoms with E-state index in [2.05, 4.69) is 0 Å². The summed E-state index contributed by atoms with van der Waals surface area (Å²) in [5.41, 5.74) is -0.518. The first-order valence-electron chi connectivity index (χ1n) is 11.0. The topological polar surface area (TPSA) is 239 Å². The van der Waals surface area contributed by atoms with Crippen molar-refractivity contribution in [1.29, 1.82) is 0 Å². The van der Waals surface area contributed by atoms with E-state index in [0.29, 0.717) is 0 Å². The number of phenols is 2. The van der Waals surface area contributed by atoms with Gasteiger partial charge in [0.15, 0.2) is 16.9 Å². The van der Waals surface area contributed by atoms with Crippen molar-refractivity contribution in [3.05, 3.63) is 46.6 Å². The zero-order valence-corrected chi connectivity index (χ0v) is 19.2. The predicted octanol–water partition coefficient (Wildman–Crippen LogP) is -2.23. The summed E-state index contributed by atoms with van der Waals surface area (Å²) in [6.07, 6.45) is -9.83. The van der Waals surface area contributed by atoms with Gasteiger partial charge in [-0.1, -0.05) is 17.9 Å². The highest BCUT2D eigenvalue weighted by atomic mass is 16.7. The molecule has 3 aliphatic rings. The van der Waals surface area contributed by atoms with Crippen LogP contribution in [-0.2, 0) is 19.1 Å². The molecule has 14 nitrogen and oxygen atoms in total. The summed E-state index contributed by atoms with van der Waals surface area (Å²) >= 11 is 0. The number of carboxylic acid groups (broad SMARTS) is 1. The molecule has 5 atom stereocenters. The SMILES string of the molecule is O=C([O-])CC(=O)OC[C@H]1O[C@@H](Oc2cc3c(O)cc(=O)cc-3oc2-c2ccc([O-])c(O)c2)[C@H](O)[C@@H](O)[C@@H]1O. The maximum absolute atomic E-state index is 11.9. The van der Waals surface area contributed by atoms with Crippen molar-refractivity contribution < 1.29 is 64.0 Å². The lowest BCUT2D eigenvalue weighted by molar-refractivity contribution is -0.305. The molecule has 2 aliphatic heterocycles. The van der Waals surface area contributed by atoms with Crippen LogP contribution in [0.2, 0.25) is 0 Å². The van der Waals surface area contributed by atoms with Gasteiger partial charge < -0.3 is 59.2 Å². The highest BCUT2D eigenvalue weighted by Gasteiger charge is 2.46. The summed E-state index contributed by atoms with van der Waals surface area (Å²) in [5, 5.41) is 73.3. The van der Waals surface area contributed by atoms with E-state index in [1.165, 1.54) is 12.1 Å². The van der Waals surface area contributed by atoms with Gasteiger partial charge in [-0.05, 0) is 12.1 Å². The molecular weight excluding hydrogens is 512 g/mol. The normalized spacial score (nSPS) is 23.2. The lowest BCUT2D eigenvalue weighted by Gasteiger charge is -2.40. The first kappa shape index (κ1) is 26.7. The van der Waals surface area contributed by atoms with Gasteiger partial charge in [0.1, 0.15) is 48.3 Å². The fourth-order valence-electron chi connectivity index (χ4n) is 3.74. The second-order valence-electron chi connectivity index (χ2n) is 8.34. The number of hydrogen-bond acceptors (Lipinski definition) is 14. The zero-order valence-electron chi connectivity index (χ0n) is 19.2. The number of aliphatic hydroxyl groups is 3. The Bertz CT molecular complexity index is 1380. The van der Waals surface area contributed by atoms with Crippen LogP contribution in [0.1, 0.15) is 6.42 Å². The van der Waals surface area contributed by atoms with E-state index in [9.17, 15) is 50.1 Å². The first-order valence-corrected chi connectivity index (χ1v) is 11.0. The van der Waals surface area contributed by atoms with Gasteiger partial charge in [-0.2, -0.15) is 0 Å². The van der Waals surface area contributed by atoms with Gasteiger partial charge in [0, 0.05) is 17.7 Å². The average molecular weight is 532 g/mol. The van der Waals surface area contributed by atoms with E-state index in [4.69, 9.17) is 18.6 Å². The molecule has 2 heterocycles. The number of aromatic hydroxyl groups is 2. The van der Waals surface area contributed by atoms with Crippen LogP contribution < -0.4 is 20.4 Å². The smallest absolute Gasteiger partial charge is 0.311 e. The minimum Gasteiger partial charge on any atom is -0.870 e. The van der Waals surface area contributed by atoms with Crippen molar-refractivity contribution in [3.63, 3.8) is 0 Å². The highest BCUT2D eigenvalue weighted by molar-refractivity contribution is 5.89. The maximum atomic E-state index is 11.9. The third kappa shape index (κ3) is 5.47. The molecule has 0 bridgehead atoms. The fourth-order valence-corrected chi connectivity index (χ4v) is 3.74. The number of hydrogen-bond donors (Lipinski definition) is 5. The molecule has 1 aromatic rings. The number of carbonyl (C=O) groups is 2. The van der Waals surface area contributed by atoms with Gasteiger partial charge in [-0.25, -0.2) is 0 Å². The van der Waals surface area contributed by atoms with E-state index in [0.717, 1.165) is 24.3 Å². The number of esters is 1. The molecule has 38 heavy (non-hydrogen) atoms. The molecule has 4 rings (SSSR count). The van der Waals surface area contributed by atoms with E-state index in [-0.39, 0.29) is 28.4 Å². The molecule has 0 spiro atoms. The van der Waals surface area contributed by atoms with Crippen molar-refractivity contribution in [1.82, 2.24) is 0 Å². The van der Waals surface area contributed by atoms with Crippen molar-refractivity contribution in [2.24, 2.45) is 0 Å². The van der Waals surface area contributed by atoms with Crippen molar-refractivity contribution >= 4 is 11.9 Å². The van der Waals surface area contributed by atoms with Crippen LogP contribution >= 0.6 is 0 Å². The predicted molar refractivity (Wildman–Crippen MR) is 118 cm³/mol. The molecule has 0 amide bonds. The van der Waals surface area contributed by atoms with Crippen LogP contribution in [-0.4, -0.2) is 74.8 Å². The van der Waals surface area contributed by atoms with Gasteiger partial charge in [0.25, 0.3) is 0 Å². The van der Waals surface area contributed by atoms with Crippen LogP contribution in [0.25, 0.3) is 22.6 Å². The number of fused-ring (bicyclic) bond motifs is 1. The summed E-state index contributed by atoms with van der Waals surface area (Å²) in [6, 6.07) is 6.50. The molecule has 0 radical (unpaired) electrons. The molecule has 0 unspecified atom stereocenters. The first-order chi connectivity index (χ1) is 17.9. The second-order valence-corrected chi connectivity index (χ2v) is 8.34. The Morgan fingerprint density at radius 2 is 1.71 bits per heavy atom. The zero-order chi connectivity index (χ0) is 27.7. The molecular formula is C24H20O14-2. The van der Waals surface area contributed by atoms with Crippen molar-refractivity contribution in [3.8, 4) is 45.6 Å². The average Bonchev–Trinajstić information content (AvgIpc) is 2.84. The lowest BCUT2D eigenvalue weighted by Crippen LogP contribution is -2.60. The molecule has 1 aromatic carbocycles. The molecule has 0 aromatic heterocycles. The molecule has 0 saturated carbocycles. The van der Waals surface area contributed by atoms with Gasteiger partial charge in [-0.15, -0.1) is 0 Å². The van der Waals surface area contributed by atoms with Gasteiger partial charge >= 0.3 is 5.97 Å². The summed E-state index contributed by atoms with van der Waals surface area (Å²) in [6.45, 7) is -0.724. The number of rotatable bonds is 7. The molecule has 1 fully saturated rings. The maximum Gasteiger partial charge on any atom is 0.311 e. The quantitative estimate of drug-likeness (QED) is 0.160. The third-order valence-electron chi connectivity index (χ3n) is 5.64. The summed E-state index contributed by atoms with van der Waals surface area (Å²) in [7, 11) is 0. The number of carboxylic acids is 1. The van der Waals surface area contributed by atoms with Crippen LogP contribution in [0.4, 0.5) is 0 Å². The van der Waals surface area contributed by atoms with E-state index in [1.54, 1.807) is 0 Å². The van der Waals surface area contributed by atoms with Gasteiger partial charge in [0.05, 0.1) is 18.0 Å². The molecule has 1 aliphatic carbocycles. The monoisotopic (exact) mass is 532 g/mol. The minimum absolute atomic E-state index is 0.00772. The number of benzene rings is 2. The molecule has 5 N–H and O–H groups in total. The van der Waals surface area contributed by atoms with Crippen LogP contribution in [0.3, 0.4) is 0 Å². The van der Waals surface area contributed by atoms with Crippen LogP contribution in [0, 0.1) is 0 Å². The van der Waals surface area contributed by atoms with Gasteiger partial charge in [-0.3, -0.25) is 9.59 Å². The van der Waals surface area contributed by atoms with Crippen molar-refractivity contribution in [2.75, 3.05) is 6.61 Å². The second kappa shape index (κ2) is 10.5. The van der Waals surface area contributed by atoms with Gasteiger partial charge in [0.2, 0.25) is 6.29 Å². The number of phenolic OH excluding ortho intramolecular Hbond substituents is 2. The number of ether oxygens (including phenoxy) is 3. The lowest BCUT2D eigenvalue weighted by atomic mass is 9.99. The Labute approximate surface area is 212 Å². The largest absolute Gasteiger partial charge is 0.870 e. The summed E-state index contributed by atoms with van der Waals surface area (Å²) in [5.74, 6) is -5.27. The fraction of sp³-hybridized carbons (Fsp3) is 0.292. The molecule has 1 saturated heterocycles. The molecule has 14 heteroatoms. The number of aliphatic carboxylic acids is 1. The Kier molecular flexibility index (Phi) is 7.41. The van der Waals surface area contributed by atoms with Crippen LogP contribution in [0.15, 0.2) is 45.6 Å². The highest BCUT2D eigenvalue weighted by Crippen LogP contribution is 2.42. The Balaban J connectivity index is 1.70. The Morgan fingerprint density at radius 3 is 2.39 bits per heavy atom. The van der Waals surface area contributed by atoms with Crippen LogP contribution in [0.5, 0.6) is 23.0 Å². The summed E-state index contributed by atoms with van der Waals surface area (Å²) in [4.78, 5) is 33.9. The standard InChI is InChI=1S/C24H22O14/c25-10-4-13(27)11-6-16(23(36-15(11)5-10)9-1-2-12(26)14(28)3-9)37-24-22(34)21(33)20(32)17(38-24)8-35-19(31)7-18(29)30/h1-6,17,20-22,24,26-28,32-34H,7-8H2,(H,29,30)/p-2/t17-,20-,21+,22-,24-/m1/s1. The number of aliphatic hydroxyl groups excluding tert-OH is 3.